The average Bonchev–Trinajstić information content (AvgIpc) is 3.17. The average molecular weight is 594 g/mol. The van der Waals surface area contributed by atoms with Crippen LogP contribution in [0.25, 0.3) is 6.08 Å². The van der Waals surface area contributed by atoms with E-state index in [-0.39, 0.29) is 40.5 Å². The zero-order valence-corrected chi connectivity index (χ0v) is 23.5. The van der Waals surface area contributed by atoms with Crippen molar-refractivity contribution in [2.75, 3.05) is 51.9 Å². The van der Waals surface area contributed by atoms with E-state index in [4.69, 9.17) is 37.4 Å². The van der Waals surface area contributed by atoms with E-state index in [1.165, 1.54) is 19.3 Å². The first kappa shape index (κ1) is 28.8. The van der Waals surface area contributed by atoms with E-state index in [0.717, 1.165) is 22.2 Å². The molecule has 2 saturated heterocycles. The third kappa shape index (κ3) is 7.04. The van der Waals surface area contributed by atoms with Gasteiger partial charge in [-0.05, 0) is 60.2 Å². The molecular formula is C26H25Cl2N3O7S. The van der Waals surface area contributed by atoms with Gasteiger partial charge in [-0.3, -0.25) is 24.1 Å². The molecule has 0 aliphatic carbocycles. The first-order valence-corrected chi connectivity index (χ1v) is 13.4. The molecule has 0 radical (unpaired) electrons. The number of methoxy groups -OCH3 is 1. The molecule has 0 unspecified atom stereocenters. The maximum atomic E-state index is 12.9. The Kier molecular flexibility index (Phi) is 9.39. The van der Waals surface area contributed by atoms with Gasteiger partial charge in [-0.2, -0.15) is 0 Å². The van der Waals surface area contributed by atoms with Gasteiger partial charge < -0.3 is 24.4 Å². The van der Waals surface area contributed by atoms with Crippen molar-refractivity contribution in [3.63, 3.8) is 0 Å². The summed E-state index contributed by atoms with van der Waals surface area (Å²) in [5.74, 6) is -0.964. The number of amides is 4. The van der Waals surface area contributed by atoms with Gasteiger partial charge in [0.15, 0.2) is 18.1 Å². The molecular weight excluding hydrogens is 569 g/mol. The van der Waals surface area contributed by atoms with Crippen molar-refractivity contribution in [3.05, 3.63) is 56.4 Å². The normalized spacial score (nSPS) is 16.6. The number of thioether (sulfide) groups is 1. The number of carbonyl (C=O) groups excluding carboxylic acids is 4. The molecule has 2 heterocycles. The molecule has 206 valence electrons. The Morgan fingerprint density at radius 1 is 1.13 bits per heavy atom. The Morgan fingerprint density at radius 3 is 2.56 bits per heavy atom. The van der Waals surface area contributed by atoms with Crippen molar-refractivity contribution < 1.29 is 33.4 Å². The fourth-order valence-electron chi connectivity index (χ4n) is 3.80. The number of anilines is 1. The number of aryl methyl sites for hydroxylation is 1. The number of carbonyl (C=O) groups is 4. The molecule has 0 spiro atoms. The summed E-state index contributed by atoms with van der Waals surface area (Å²) in [6.45, 7) is 2.84. The summed E-state index contributed by atoms with van der Waals surface area (Å²) in [6, 6.07) is 8.23. The predicted molar refractivity (Wildman–Crippen MR) is 148 cm³/mol. The molecule has 0 bridgehead atoms. The summed E-state index contributed by atoms with van der Waals surface area (Å²) in [7, 11) is 1.40. The van der Waals surface area contributed by atoms with E-state index in [0.29, 0.717) is 42.6 Å². The Morgan fingerprint density at radius 2 is 1.87 bits per heavy atom. The lowest BCUT2D eigenvalue weighted by Crippen LogP contribution is -2.46. The molecule has 10 nitrogen and oxygen atoms in total. The fourth-order valence-corrected chi connectivity index (χ4v) is 5.10. The number of nitrogens with zero attached hydrogens (tertiary/aromatic N) is 2. The summed E-state index contributed by atoms with van der Waals surface area (Å²) in [6.07, 6.45) is 1.48. The molecule has 1 N–H and O–H groups in total. The quantitative estimate of drug-likeness (QED) is 0.452. The second-order valence-corrected chi connectivity index (χ2v) is 10.4. The molecule has 2 aliphatic heterocycles. The molecule has 0 saturated carbocycles. The number of ether oxygens (including phenoxy) is 3. The van der Waals surface area contributed by atoms with E-state index in [2.05, 4.69) is 5.32 Å². The van der Waals surface area contributed by atoms with Gasteiger partial charge in [0.1, 0.15) is 6.54 Å². The summed E-state index contributed by atoms with van der Waals surface area (Å²) < 4.78 is 16.2. The lowest BCUT2D eigenvalue weighted by atomic mass is 10.1. The minimum atomic E-state index is -0.574. The van der Waals surface area contributed by atoms with Crippen LogP contribution in [-0.4, -0.2) is 79.3 Å². The summed E-state index contributed by atoms with van der Waals surface area (Å²) >= 11 is 13.2. The Bertz CT molecular complexity index is 1350. The van der Waals surface area contributed by atoms with Gasteiger partial charge in [0, 0.05) is 23.8 Å². The number of halogens is 2. The molecule has 2 aromatic carbocycles. The zero-order chi connectivity index (χ0) is 28.1. The predicted octanol–water partition coefficient (Wildman–Crippen LogP) is 4.22. The molecule has 4 amide bonds. The second-order valence-electron chi connectivity index (χ2n) is 8.60. The van der Waals surface area contributed by atoms with Crippen LogP contribution in [0.15, 0.2) is 35.2 Å². The molecule has 39 heavy (non-hydrogen) atoms. The van der Waals surface area contributed by atoms with Crippen LogP contribution in [0.4, 0.5) is 10.5 Å². The number of rotatable bonds is 8. The Hall–Kier alpha value is -3.25. The molecule has 2 aromatic rings. The van der Waals surface area contributed by atoms with Gasteiger partial charge in [-0.1, -0.05) is 29.3 Å². The topological polar surface area (TPSA) is 114 Å². The monoisotopic (exact) mass is 593 g/mol. The SMILES string of the molecule is COc1cc(/C=C2\SC(=O)N(CC(=O)N3CCOCC3)C2=O)cc(Cl)c1OCC(=O)Nc1ccc(C)c(Cl)c1. The van der Waals surface area contributed by atoms with Crippen molar-refractivity contribution in [1.29, 1.82) is 0 Å². The fraction of sp³-hybridized carbons (Fsp3) is 0.308. The van der Waals surface area contributed by atoms with Crippen LogP contribution in [0.2, 0.25) is 10.0 Å². The number of hydrogen-bond donors (Lipinski definition) is 1. The van der Waals surface area contributed by atoms with Crippen molar-refractivity contribution >= 4 is 69.7 Å². The van der Waals surface area contributed by atoms with Crippen LogP contribution >= 0.6 is 35.0 Å². The van der Waals surface area contributed by atoms with Crippen molar-refractivity contribution in [3.8, 4) is 11.5 Å². The summed E-state index contributed by atoms with van der Waals surface area (Å²) in [5, 5.41) is 2.81. The van der Waals surface area contributed by atoms with Gasteiger partial charge in [-0.25, -0.2) is 0 Å². The third-order valence-corrected chi connectivity index (χ3v) is 7.48. The van der Waals surface area contributed by atoms with Gasteiger partial charge >= 0.3 is 0 Å². The highest BCUT2D eigenvalue weighted by atomic mass is 35.5. The van der Waals surface area contributed by atoms with Crippen molar-refractivity contribution in [1.82, 2.24) is 9.80 Å². The van der Waals surface area contributed by atoms with Gasteiger partial charge in [0.25, 0.3) is 17.1 Å². The first-order chi connectivity index (χ1) is 18.7. The third-order valence-electron chi connectivity index (χ3n) is 5.88. The highest BCUT2D eigenvalue weighted by Crippen LogP contribution is 2.39. The second kappa shape index (κ2) is 12.7. The highest BCUT2D eigenvalue weighted by molar-refractivity contribution is 8.18. The molecule has 13 heteroatoms. The number of morpholine rings is 1. The van der Waals surface area contributed by atoms with Crippen LogP contribution in [-0.2, 0) is 19.1 Å². The van der Waals surface area contributed by atoms with E-state index in [9.17, 15) is 19.2 Å². The minimum Gasteiger partial charge on any atom is -0.493 e. The van der Waals surface area contributed by atoms with Crippen LogP contribution in [0.1, 0.15) is 11.1 Å². The minimum absolute atomic E-state index is 0.133. The van der Waals surface area contributed by atoms with Gasteiger partial charge in [0.2, 0.25) is 5.91 Å². The van der Waals surface area contributed by atoms with E-state index in [1.54, 1.807) is 29.2 Å². The molecule has 2 fully saturated rings. The van der Waals surface area contributed by atoms with Crippen molar-refractivity contribution in [2.24, 2.45) is 0 Å². The summed E-state index contributed by atoms with van der Waals surface area (Å²) in [5.41, 5.74) is 1.87. The maximum Gasteiger partial charge on any atom is 0.294 e. The molecule has 4 rings (SSSR count). The summed E-state index contributed by atoms with van der Waals surface area (Å²) in [4.78, 5) is 52.9. The standard InChI is InChI=1S/C26H25Cl2N3O7S/c1-15-3-4-17(12-18(15)27)29-22(32)14-38-24-19(28)9-16(10-20(24)36-2)11-21-25(34)31(26(35)39-21)13-23(33)30-5-7-37-8-6-30/h3-4,9-12H,5-8,13-14H2,1-2H3,(H,29,32)/b21-11-. The van der Waals surface area contributed by atoms with Crippen molar-refractivity contribution in [2.45, 2.75) is 6.92 Å². The zero-order valence-electron chi connectivity index (χ0n) is 21.1. The largest absolute Gasteiger partial charge is 0.493 e. The lowest BCUT2D eigenvalue weighted by molar-refractivity contribution is -0.139. The highest BCUT2D eigenvalue weighted by Gasteiger charge is 2.37. The van der Waals surface area contributed by atoms with E-state index in [1.807, 2.05) is 6.92 Å². The van der Waals surface area contributed by atoms with Crippen LogP contribution in [0.3, 0.4) is 0 Å². The van der Waals surface area contributed by atoms with E-state index < -0.39 is 17.1 Å². The molecule has 2 aliphatic rings. The number of hydrogen-bond acceptors (Lipinski definition) is 8. The van der Waals surface area contributed by atoms with Gasteiger partial charge in [0.05, 0.1) is 30.3 Å². The van der Waals surface area contributed by atoms with Gasteiger partial charge in [-0.15, -0.1) is 0 Å². The van der Waals surface area contributed by atoms with Crippen LogP contribution in [0, 0.1) is 6.92 Å². The van der Waals surface area contributed by atoms with E-state index >= 15 is 0 Å². The van der Waals surface area contributed by atoms with Crippen LogP contribution < -0.4 is 14.8 Å². The lowest BCUT2D eigenvalue weighted by Gasteiger charge is -2.28. The Labute approximate surface area is 239 Å². The maximum absolute atomic E-state index is 12.9. The molecule has 0 aromatic heterocycles. The number of nitrogens with one attached hydrogen (secondary N) is 1. The number of imide groups is 1. The first-order valence-electron chi connectivity index (χ1n) is 11.8. The molecule has 0 atom stereocenters. The number of benzene rings is 2. The Balaban J connectivity index is 1.42. The smallest absolute Gasteiger partial charge is 0.294 e. The van der Waals surface area contributed by atoms with Crippen LogP contribution in [0.5, 0.6) is 11.5 Å².